The number of nitrogens with zero attached hydrogens (tertiary/aromatic N) is 3. The van der Waals surface area contributed by atoms with Gasteiger partial charge in [0, 0.05) is 23.0 Å². The molecule has 3 aromatic rings. The molecule has 0 amide bonds. The molecule has 0 aliphatic heterocycles. The van der Waals surface area contributed by atoms with Gasteiger partial charge >= 0.3 is 0 Å². The smallest absolute Gasteiger partial charge is 0.246 e. The summed E-state index contributed by atoms with van der Waals surface area (Å²) in [6, 6.07) is 14.9. The second kappa shape index (κ2) is 9.92. The minimum absolute atomic E-state index is 0.0174. The second-order valence-electron chi connectivity index (χ2n) is 9.40. The van der Waals surface area contributed by atoms with Crippen molar-refractivity contribution in [3.8, 4) is 0 Å². The highest BCUT2D eigenvalue weighted by molar-refractivity contribution is 7.93. The number of rotatable bonds is 8. The van der Waals surface area contributed by atoms with Gasteiger partial charge in [-0.1, -0.05) is 24.3 Å². The maximum atomic E-state index is 13.2. The van der Waals surface area contributed by atoms with Gasteiger partial charge < -0.3 is 5.32 Å². The lowest BCUT2D eigenvalue weighted by atomic mass is 10.1. The molecule has 0 aliphatic carbocycles. The van der Waals surface area contributed by atoms with E-state index in [0.29, 0.717) is 22.8 Å². The van der Waals surface area contributed by atoms with Gasteiger partial charge in [-0.25, -0.2) is 30.8 Å². The van der Waals surface area contributed by atoms with Crippen LogP contribution < -0.4 is 14.3 Å². The zero-order valence-electron chi connectivity index (χ0n) is 20.6. The van der Waals surface area contributed by atoms with E-state index in [9.17, 15) is 16.8 Å². The molecule has 0 atom stereocenters. The van der Waals surface area contributed by atoms with Crippen LogP contribution in [0.4, 0.5) is 23.1 Å². The fourth-order valence-corrected chi connectivity index (χ4v) is 5.76. The predicted octanol–water partition coefficient (Wildman–Crippen LogP) is 4.48. The Hall–Kier alpha value is -3.02. The SMILES string of the molecule is Cc1cnc(N(c2ccccc2)S(=O)(=O)C(C)C)nc1Nc1cccc(S(=O)(=O)NC(C)(C)C)c1. The molecule has 11 heteroatoms. The molecule has 0 saturated carbocycles. The van der Waals surface area contributed by atoms with Crippen LogP contribution in [0.1, 0.15) is 40.2 Å². The van der Waals surface area contributed by atoms with E-state index < -0.39 is 30.8 Å². The molecular formula is C24H31N5O4S2. The van der Waals surface area contributed by atoms with Crippen LogP contribution in [0.3, 0.4) is 0 Å². The first-order valence-electron chi connectivity index (χ1n) is 11.0. The predicted molar refractivity (Wildman–Crippen MR) is 139 cm³/mol. The number of para-hydroxylation sites is 1. The molecule has 9 nitrogen and oxygen atoms in total. The first-order valence-corrected chi connectivity index (χ1v) is 14.0. The highest BCUT2D eigenvalue weighted by Crippen LogP contribution is 2.30. The van der Waals surface area contributed by atoms with Gasteiger partial charge in [0.1, 0.15) is 5.82 Å². The maximum absolute atomic E-state index is 13.2. The molecule has 0 unspecified atom stereocenters. The molecule has 1 heterocycles. The number of nitrogens with one attached hydrogen (secondary N) is 2. The van der Waals surface area contributed by atoms with E-state index in [1.807, 2.05) is 0 Å². The Morgan fingerprint density at radius 2 is 1.60 bits per heavy atom. The lowest BCUT2D eigenvalue weighted by Crippen LogP contribution is -2.40. The average Bonchev–Trinajstić information content (AvgIpc) is 2.75. The topological polar surface area (TPSA) is 121 Å². The van der Waals surface area contributed by atoms with E-state index in [-0.39, 0.29) is 10.8 Å². The van der Waals surface area contributed by atoms with E-state index in [1.165, 1.54) is 18.3 Å². The molecule has 35 heavy (non-hydrogen) atoms. The summed E-state index contributed by atoms with van der Waals surface area (Å²) in [5.41, 5.74) is 0.915. The number of aryl methyl sites for hydroxylation is 1. The molecule has 188 valence electrons. The molecule has 0 bridgehead atoms. The molecule has 0 saturated heterocycles. The molecule has 0 fully saturated rings. The van der Waals surface area contributed by atoms with E-state index in [2.05, 4.69) is 20.0 Å². The van der Waals surface area contributed by atoms with Crippen molar-refractivity contribution in [2.45, 2.75) is 57.2 Å². The van der Waals surface area contributed by atoms with E-state index in [1.54, 1.807) is 84.0 Å². The van der Waals surface area contributed by atoms with Crippen molar-refractivity contribution < 1.29 is 16.8 Å². The Balaban J connectivity index is 2.03. The Morgan fingerprint density at radius 1 is 0.943 bits per heavy atom. The molecular weight excluding hydrogens is 486 g/mol. The van der Waals surface area contributed by atoms with Crippen LogP contribution in [-0.2, 0) is 20.0 Å². The largest absolute Gasteiger partial charge is 0.340 e. The van der Waals surface area contributed by atoms with Crippen molar-refractivity contribution >= 4 is 43.2 Å². The van der Waals surface area contributed by atoms with Crippen LogP contribution in [0.2, 0.25) is 0 Å². The Morgan fingerprint density at radius 3 is 2.20 bits per heavy atom. The van der Waals surface area contributed by atoms with Crippen LogP contribution in [-0.4, -0.2) is 37.6 Å². The van der Waals surface area contributed by atoms with Crippen molar-refractivity contribution in [3.63, 3.8) is 0 Å². The van der Waals surface area contributed by atoms with Gasteiger partial charge in [-0.2, -0.15) is 4.98 Å². The van der Waals surface area contributed by atoms with E-state index in [0.717, 1.165) is 4.31 Å². The third-order valence-corrected chi connectivity index (χ3v) is 8.66. The van der Waals surface area contributed by atoms with Crippen LogP contribution in [0, 0.1) is 6.92 Å². The number of anilines is 4. The van der Waals surface area contributed by atoms with Gasteiger partial charge in [0.2, 0.25) is 26.0 Å². The van der Waals surface area contributed by atoms with Gasteiger partial charge in [0.15, 0.2) is 0 Å². The summed E-state index contributed by atoms with van der Waals surface area (Å²) in [4.78, 5) is 8.89. The van der Waals surface area contributed by atoms with Gasteiger partial charge in [-0.3, -0.25) is 0 Å². The summed E-state index contributed by atoms with van der Waals surface area (Å²) in [5.74, 6) is 0.337. The lowest BCUT2D eigenvalue weighted by molar-refractivity contribution is 0.491. The van der Waals surface area contributed by atoms with Crippen molar-refractivity contribution in [2.24, 2.45) is 0 Å². The molecule has 2 N–H and O–H groups in total. The van der Waals surface area contributed by atoms with Gasteiger partial charge in [-0.05, 0) is 71.9 Å². The van der Waals surface area contributed by atoms with E-state index >= 15 is 0 Å². The summed E-state index contributed by atoms with van der Waals surface area (Å²) in [6.07, 6.45) is 1.53. The van der Waals surface area contributed by atoms with Crippen LogP contribution in [0.15, 0.2) is 65.7 Å². The summed E-state index contributed by atoms with van der Waals surface area (Å²) < 4.78 is 55.7. The maximum Gasteiger partial charge on any atom is 0.246 e. The van der Waals surface area contributed by atoms with Crippen molar-refractivity contribution in [2.75, 3.05) is 9.62 Å². The minimum Gasteiger partial charge on any atom is -0.340 e. The van der Waals surface area contributed by atoms with Crippen molar-refractivity contribution in [1.29, 1.82) is 0 Å². The van der Waals surface area contributed by atoms with Crippen LogP contribution >= 0.6 is 0 Å². The van der Waals surface area contributed by atoms with E-state index in [4.69, 9.17) is 0 Å². The third-order valence-electron chi connectivity index (χ3n) is 4.83. The zero-order valence-corrected chi connectivity index (χ0v) is 22.3. The minimum atomic E-state index is -3.80. The number of benzene rings is 2. The monoisotopic (exact) mass is 517 g/mol. The Bertz CT molecular complexity index is 1400. The van der Waals surface area contributed by atoms with Gasteiger partial charge in [-0.15, -0.1) is 0 Å². The summed E-state index contributed by atoms with van der Waals surface area (Å²) >= 11 is 0. The normalized spacial score (nSPS) is 12.5. The second-order valence-corrected chi connectivity index (χ2v) is 13.4. The Labute approximate surface area is 207 Å². The van der Waals surface area contributed by atoms with Crippen molar-refractivity contribution in [3.05, 3.63) is 66.4 Å². The highest BCUT2D eigenvalue weighted by atomic mass is 32.2. The Kier molecular flexibility index (Phi) is 7.53. The first-order chi connectivity index (χ1) is 16.2. The average molecular weight is 518 g/mol. The van der Waals surface area contributed by atoms with Gasteiger partial charge in [0.05, 0.1) is 15.8 Å². The molecule has 3 rings (SSSR count). The zero-order chi connectivity index (χ0) is 26.0. The number of aromatic nitrogens is 2. The fourth-order valence-electron chi connectivity index (χ4n) is 3.15. The summed E-state index contributed by atoms with van der Waals surface area (Å²) in [5, 5.41) is 2.40. The third kappa shape index (κ3) is 6.36. The lowest BCUT2D eigenvalue weighted by Gasteiger charge is -2.25. The summed E-state index contributed by atoms with van der Waals surface area (Å²) in [7, 11) is -7.54. The quantitative estimate of drug-likeness (QED) is 0.452. The molecule has 0 aliphatic rings. The number of hydrogen-bond acceptors (Lipinski definition) is 7. The van der Waals surface area contributed by atoms with Gasteiger partial charge in [0.25, 0.3) is 0 Å². The fraction of sp³-hybridized carbons (Fsp3) is 0.333. The van der Waals surface area contributed by atoms with Crippen molar-refractivity contribution in [1.82, 2.24) is 14.7 Å². The highest BCUT2D eigenvalue weighted by Gasteiger charge is 2.30. The standard InChI is InChI=1S/C24H31N5O4S2/c1-17(2)35(32,33)29(20-12-8-7-9-13-20)23-25-16-18(3)22(27-23)26-19-11-10-14-21(15-19)34(30,31)28-24(4,5)6/h7-17,28H,1-6H3,(H,25,26,27). The number of sulfonamides is 2. The summed E-state index contributed by atoms with van der Waals surface area (Å²) in [6.45, 7) is 10.3. The molecule has 1 aromatic heterocycles. The molecule has 0 radical (unpaired) electrons. The number of hydrogen-bond donors (Lipinski definition) is 2. The first kappa shape index (κ1) is 26.6. The molecule has 0 spiro atoms. The molecule has 2 aromatic carbocycles. The van der Waals surface area contributed by atoms with Crippen LogP contribution in [0.25, 0.3) is 0 Å². The van der Waals surface area contributed by atoms with Crippen LogP contribution in [0.5, 0.6) is 0 Å².